The standard InChI is InChI=1S/C18H19N3O3S3/c1-20(18-19-14-7-2-3-8-15(14)26-18)17(22)13-6-4-10-21(12-13)27(23,24)16-9-5-11-25-16/h2-3,5,7-9,11,13H,4,6,10,12H2,1H3. The number of anilines is 1. The number of nitrogens with zero attached hydrogens (tertiary/aromatic N) is 3. The molecule has 142 valence electrons. The van der Waals surface area contributed by atoms with Gasteiger partial charge in [0.15, 0.2) is 5.13 Å². The normalized spacial score (nSPS) is 18.6. The summed E-state index contributed by atoms with van der Waals surface area (Å²) in [5, 5.41) is 2.39. The third-order valence-electron chi connectivity index (χ3n) is 4.72. The minimum atomic E-state index is -3.53. The molecule has 1 amide bonds. The van der Waals surface area contributed by atoms with Crippen LogP contribution in [-0.2, 0) is 14.8 Å². The summed E-state index contributed by atoms with van der Waals surface area (Å²) in [6, 6.07) is 11.1. The molecular formula is C18H19N3O3S3. The van der Waals surface area contributed by atoms with E-state index in [0.717, 1.165) is 10.2 Å². The van der Waals surface area contributed by atoms with Crippen molar-refractivity contribution in [2.75, 3.05) is 25.0 Å². The van der Waals surface area contributed by atoms with E-state index in [1.54, 1.807) is 29.5 Å². The fraction of sp³-hybridized carbons (Fsp3) is 0.333. The van der Waals surface area contributed by atoms with Crippen LogP contribution in [-0.4, -0.2) is 43.8 Å². The van der Waals surface area contributed by atoms with E-state index >= 15 is 0 Å². The first-order valence-corrected chi connectivity index (χ1v) is 11.8. The lowest BCUT2D eigenvalue weighted by Crippen LogP contribution is -2.45. The van der Waals surface area contributed by atoms with Gasteiger partial charge >= 0.3 is 0 Å². The van der Waals surface area contributed by atoms with Gasteiger partial charge < -0.3 is 0 Å². The van der Waals surface area contributed by atoms with Crippen LogP contribution in [0.25, 0.3) is 10.2 Å². The molecule has 2 aromatic heterocycles. The number of benzene rings is 1. The van der Waals surface area contributed by atoms with E-state index in [0.29, 0.717) is 28.7 Å². The number of carbonyl (C=O) groups is 1. The lowest BCUT2D eigenvalue weighted by molar-refractivity contribution is -0.123. The van der Waals surface area contributed by atoms with Crippen LogP contribution in [0, 0.1) is 5.92 Å². The highest BCUT2D eigenvalue weighted by atomic mass is 32.2. The van der Waals surface area contributed by atoms with Gasteiger partial charge in [0.1, 0.15) is 4.21 Å². The Morgan fingerprint density at radius 2 is 2.07 bits per heavy atom. The van der Waals surface area contributed by atoms with Crippen LogP contribution in [0.1, 0.15) is 12.8 Å². The SMILES string of the molecule is CN(C(=O)C1CCCN(S(=O)(=O)c2cccs2)C1)c1nc2ccccc2s1. The summed E-state index contributed by atoms with van der Waals surface area (Å²) in [5.74, 6) is -0.439. The number of thiophene rings is 1. The molecule has 1 saturated heterocycles. The van der Waals surface area contributed by atoms with E-state index < -0.39 is 10.0 Å². The highest BCUT2D eigenvalue weighted by Crippen LogP contribution is 2.31. The highest BCUT2D eigenvalue weighted by Gasteiger charge is 2.35. The second kappa shape index (κ2) is 7.31. The van der Waals surface area contributed by atoms with Gasteiger partial charge in [-0.15, -0.1) is 11.3 Å². The fourth-order valence-corrected chi connectivity index (χ4v) is 6.87. The Balaban J connectivity index is 1.53. The molecule has 6 nitrogen and oxygen atoms in total. The van der Waals surface area contributed by atoms with E-state index in [4.69, 9.17) is 0 Å². The van der Waals surface area contributed by atoms with Gasteiger partial charge in [0.25, 0.3) is 10.0 Å². The number of rotatable bonds is 4. The molecule has 0 spiro atoms. The van der Waals surface area contributed by atoms with Crippen molar-refractivity contribution in [1.82, 2.24) is 9.29 Å². The molecule has 0 N–H and O–H groups in total. The molecule has 1 aliphatic heterocycles. The van der Waals surface area contributed by atoms with Crippen molar-refractivity contribution in [2.24, 2.45) is 5.92 Å². The average molecular weight is 422 g/mol. The number of aromatic nitrogens is 1. The van der Waals surface area contributed by atoms with Crippen molar-refractivity contribution in [2.45, 2.75) is 17.1 Å². The van der Waals surface area contributed by atoms with Crippen LogP contribution in [0.4, 0.5) is 5.13 Å². The van der Waals surface area contributed by atoms with Gasteiger partial charge in [0.05, 0.1) is 16.1 Å². The van der Waals surface area contributed by atoms with Crippen molar-refractivity contribution in [1.29, 1.82) is 0 Å². The maximum atomic E-state index is 13.0. The molecule has 0 aliphatic carbocycles. The van der Waals surface area contributed by atoms with Crippen LogP contribution in [0.2, 0.25) is 0 Å². The molecule has 27 heavy (non-hydrogen) atoms. The number of sulfonamides is 1. The molecule has 1 aromatic carbocycles. The van der Waals surface area contributed by atoms with Crippen LogP contribution in [0.5, 0.6) is 0 Å². The molecule has 0 bridgehead atoms. The lowest BCUT2D eigenvalue weighted by Gasteiger charge is -2.32. The van der Waals surface area contributed by atoms with Gasteiger partial charge in [0, 0.05) is 20.1 Å². The van der Waals surface area contributed by atoms with Crippen molar-refractivity contribution in [3.8, 4) is 0 Å². The molecule has 1 atom stereocenters. The van der Waals surface area contributed by atoms with Crippen LogP contribution in [0.15, 0.2) is 46.0 Å². The topological polar surface area (TPSA) is 70.6 Å². The minimum Gasteiger partial charge on any atom is -0.291 e. The molecule has 0 saturated carbocycles. The number of para-hydroxylation sites is 1. The number of hydrogen-bond acceptors (Lipinski definition) is 6. The van der Waals surface area contributed by atoms with Gasteiger partial charge in [-0.1, -0.05) is 29.5 Å². The Bertz CT molecular complexity index is 1030. The summed E-state index contributed by atoms with van der Waals surface area (Å²) in [6.07, 6.45) is 1.36. The number of hydrogen-bond donors (Lipinski definition) is 0. The Morgan fingerprint density at radius 1 is 1.26 bits per heavy atom. The average Bonchev–Trinajstić information content (AvgIpc) is 3.36. The van der Waals surface area contributed by atoms with E-state index in [1.807, 2.05) is 24.3 Å². The molecule has 1 fully saturated rings. The first-order valence-electron chi connectivity index (χ1n) is 8.63. The monoisotopic (exact) mass is 421 g/mol. The van der Waals surface area contributed by atoms with Gasteiger partial charge in [0.2, 0.25) is 5.91 Å². The molecule has 4 rings (SSSR count). The summed E-state index contributed by atoms with van der Waals surface area (Å²) in [5.41, 5.74) is 0.864. The largest absolute Gasteiger partial charge is 0.291 e. The third-order valence-corrected chi connectivity index (χ3v) is 9.07. The fourth-order valence-electron chi connectivity index (χ4n) is 3.27. The van der Waals surface area contributed by atoms with Crippen molar-refractivity contribution < 1.29 is 13.2 Å². The number of carbonyl (C=O) groups excluding carboxylic acids is 1. The zero-order valence-corrected chi connectivity index (χ0v) is 17.2. The molecule has 1 unspecified atom stereocenters. The number of amides is 1. The first-order chi connectivity index (χ1) is 13.0. The molecular weight excluding hydrogens is 402 g/mol. The Kier molecular flexibility index (Phi) is 5.02. The second-order valence-corrected chi connectivity index (χ2v) is 10.6. The summed E-state index contributed by atoms with van der Waals surface area (Å²) in [4.78, 5) is 19.1. The van der Waals surface area contributed by atoms with E-state index in [9.17, 15) is 13.2 Å². The summed E-state index contributed by atoms with van der Waals surface area (Å²) < 4.78 is 28.3. The maximum Gasteiger partial charge on any atom is 0.252 e. The number of thiazole rings is 1. The summed E-state index contributed by atoms with van der Waals surface area (Å²) in [7, 11) is -1.81. The van der Waals surface area contributed by atoms with Gasteiger partial charge in [-0.05, 0) is 36.4 Å². The third kappa shape index (κ3) is 3.52. The van der Waals surface area contributed by atoms with E-state index in [1.165, 1.54) is 27.0 Å². The van der Waals surface area contributed by atoms with Gasteiger partial charge in [-0.2, -0.15) is 4.31 Å². The molecule has 3 heterocycles. The highest BCUT2D eigenvalue weighted by molar-refractivity contribution is 7.91. The number of piperidine rings is 1. The van der Waals surface area contributed by atoms with Gasteiger partial charge in [-0.3, -0.25) is 9.69 Å². The van der Waals surface area contributed by atoms with Crippen LogP contribution >= 0.6 is 22.7 Å². The van der Waals surface area contributed by atoms with Crippen molar-refractivity contribution >= 4 is 54.0 Å². The van der Waals surface area contributed by atoms with Crippen molar-refractivity contribution in [3.63, 3.8) is 0 Å². The maximum absolute atomic E-state index is 13.0. The predicted octanol–water partition coefficient (Wildman–Crippen LogP) is 3.42. The Labute approximate surface area is 166 Å². The van der Waals surface area contributed by atoms with Crippen LogP contribution < -0.4 is 4.90 Å². The zero-order chi connectivity index (χ0) is 19.0. The molecule has 1 aliphatic rings. The van der Waals surface area contributed by atoms with E-state index in [-0.39, 0.29) is 18.4 Å². The quantitative estimate of drug-likeness (QED) is 0.647. The molecule has 0 radical (unpaired) electrons. The van der Waals surface area contributed by atoms with E-state index in [2.05, 4.69) is 4.98 Å². The lowest BCUT2D eigenvalue weighted by atomic mass is 9.98. The summed E-state index contributed by atoms with van der Waals surface area (Å²) >= 11 is 2.67. The van der Waals surface area contributed by atoms with Gasteiger partial charge in [-0.25, -0.2) is 13.4 Å². The smallest absolute Gasteiger partial charge is 0.252 e. The second-order valence-electron chi connectivity index (χ2n) is 6.50. The predicted molar refractivity (Wildman–Crippen MR) is 109 cm³/mol. The molecule has 9 heteroatoms. The number of fused-ring (bicyclic) bond motifs is 1. The Morgan fingerprint density at radius 3 is 2.81 bits per heavy atom. The van der Waals surface area contributed by atoms with Crippen LogP contribution in [0.3, 0.4) is 0 Å². The van der Waals surface area contributed by atoms with Crippen molar-refractivity contribution in [3.05, 3.63) is 41.8 Å². The molecule has 3 aromatic rings. The minimum absolute atomic E-state index is 0.0832. The summed E-state index contributed by atoms with van der Waals surface area (Å²) in [6.45, 7) is 0.670. The Hall–Kier alpha value is -1.81. The zero-order valence-electron chi connectivity index (χ0n) is 14.7. The first kappa shape index (κ1) is 18.5.